The monoisotopic (exact) mass is 593 g/mol. The van der Waals surface area contributed by atoms with E-state index in [9.17, 15) is 14.0 Å². The number of nitrogens with zero attached hydrogens (tertiary/aromatic N) is 3. The maximum Gasteiger partial charge on any atom is 0.269 e. The highest BCUT2D eigenvalue weighted by Gasteiger charge is 2.31. The number of anilines is 1. The van der Waals surface area contributed by atoms with Crippen LogP contribution in [0.4, 0.5) is 10.1 Å². The molecule has 1 aliphatic heterocycles. The molecule has 208 valence electrons. The second-order valence-corrected chi connectivity index (χ2v) is 9.72. The molecule has 2 unspecified atom stereocenters. The summed E-state index contributed by atoms with van der Waals surface area (Å²) in [6, 6.07) is 16.3. The molecule has 41 heavy (non-hydrogen) atoms. The Kier molecular flexibility index (Phi) is 8.14. The first kappa shape index (κ1) is 28.0. The number of aliphatic imine (C=N–C) groups is 1. The van der Waals surface area contributed by atoms with Gasteiger partial charge in [-0.05, 0) is 43.3 Å². The van der Waals surface area contributed by atoms with E-state index >= 15 is 0 Å². The van der Waals surface area contributed by atoms with Crippen molar-refractivity contribution in [2.24, 2.45) is 4.99 Å². The van der Waals surface area contributed by atoms with Gasteiger partial charge in [-0.25, -0.2) is 14.4 Å². The van der Waals surface area contributed by atoms with Crippen molar-refractivity contribution in [3.8, 4) is 11.6 Å². The minimum absolute atomic E-state index is 0.147. The molecule has 2 N–H and O–H groups in total. The van der Waals surface area contributed by atoms with Gasteiger partial charge in [0, 0.05) is 16.8 Å². The van der Waals surface area contributed by atoms with Crippen molar-refractivity contribution < 1.29 is 23.5 Å². The molecular weight excluding hydrogens is 572 g/mol. The highest BCUT2D eigenvalue weighted by Crippen LogP contribution is 2.36. The molecule has 4 aromatic rings. The number of methoxy groups -OCH3 is 1. The molecule has 0 aliphatic carbocycles. The van der Waals surface area contributed by atoms with E-state index in [0.29, 0.717) is 33.3 Å². The number of benzene rings is 2. The number of nitrogens with one attached hydrogen (secondary N) is 2. The zero-order valence-corrected chi connectivity index (χ0v) is 23.2. The lowest BCUT2D eigenvalue weighted by atomic mass is 9.99. The van der Waals surface area contributed by atoms with E-state index in [4.69, 9.17) is 32.7 Å². The summed E-state index contributed by atoms with van der Waals surface area (Å²) in [4.78, 5) is 39.6. The molecule has 0 radical (unpaired) electrons. The van der Waals surface area contributed by atoms with E-state index < -0.39 is 29.9 Å². The van der Waals surface area contributed by atoms with Gasteiger partial charge in [0.25, 0.3) is 11.8 Å². The SMILES string of the molecule is COc1cc(Cl)cc(Cl)c1C1=NC(NC(=O)c2cc(F)cnc2OC(C)c2ccccn2)C(=O)Nc2ccccc21. The van der Waals surface area contributed by atoms with Crippen LogP contribution in [0.1, 0.15) is 40.2 Å². The average Bonchev–Trinajstić information content (AvgIpc) is 3.09. The lowest BCUT2D eigenvalue weighted by Crippen LogP contribution is -2.42. The number of hydrogen-bond acceptors (Lipinski definition) is 7. The van der Waals surface area contributed by atoms with Crippen LogP contribution in [0.15, 0.2) is 78.0 Å². The Morgan fingerprint density at radius 1 is 1.10 bits per heavy atom. The number of para-hydroxylation sites is 1. The van der Waals surface area contributed by atoms with Gasteiger partial charge in [0.05, 0.1) is 41.0 Å². The fraction of sp³-hybridized carbons (Fsp3) is 0.138. The number of carbonyl (C=O) groups excluding carboxylic acids is 2. The lowest BCUT2D eigenvalue weighted by molar-refractivity contribution is -0.117. The Morgan fingerprint density at radius 3 is 2.63 bits per heavy atom. The van der Waals surface area contributed by atoms with Crippen molar-refractivity contribution in [3.63, 3.8) is 0 Å². The lowest BCUT2D eigenvalue weighted by Gasteiger charge is -2.18. The second-order valence-electron chi connectivity index (χ2n) is 8.87. The maximum absolute atomic E-state index is 14.3. The summed E-state index contributed by atoms with van der Waals surface area (Å²) in [6.07, 6.45) is 0.463. The van der Waals surface area contributed by atoms with Crippen molar-refractivity contribution in [3.05, 3.63) is 111 Å². The number of benzodiazepines with no additional fused rings is 1. The molecule has 2 aromatic carbocycles. The van der Waals surface area contributed by atoms with Crippen LogP contribution in [0.25, 0.3) is 0 Å². The molecule has 0 saturated carbocycles. The van der Waals surface area contributed by atoms with Gasteiger partial charge in [-0.3, -0.25) is 14.6 Å². The first-order valence-corrected chi connectivity index (χ1v) is 13.1. The number of rotatable bonds is 7. The van der Waals surface area contributed by atoms with Gasteiger partial charge in [-0.2, -0.15) is 0 Å². The van der Waals surface area contributed by atoms with Crippen LogP contribution in [0.5, 0.6) is 11.6 Å². The van der Waals surface area contributed by atoms with Crippen LogP contribution in [0.2, 0.25) is 10.0 Å². The van der Waals surface area contributed by atoms with Crippen molar-refractivity contribution in [2.45, 2.75) is 19.2 Å². The molecule has 12 heteroatoms. The summed E-state index contributed by atoms with van der Waals surface area (Å²) in [5.74, 6) is -2.09. The first-order chi connectivity index (χ1) is 19.7. The smallest absolute Gasteiger partial charge is 0.269 e. The van der Waals surface area contributed by atoms with Crippen molar-refractivity contribution in [1.29, 1.82) is 0 Å². The third kappa shape index (κ3) is 5.98. The zero-order chi connectivity index (χ0) is 29.1. The zero-order valence-electron chi connectivity index (χ0n) is 21.7. The van der Waals surface area contributed by atoms with Gasteiger partial charge < -0.3 is 20.1 Å². The molecule has 9 nitrogen and oxygen atoms in total. The third-order valence-electron chi connectivity index (χ3n) is 6.15. The fourth-order valence-electron chi connectivity index (χ4n) is 4.22. The molecule has 0 saturated heterocycles. The van der Waals surface area contributed by atoms with Crippen molar-refractivity contribution >= 4 is 46.4 Å². The minimum atomic E-state index is -1.45. The third-order valence-corrected chi connectivity index (χ3v) is 6.66. The molecule has 2 aromatic heterocycles. The van der Waals surface area contributed by atoms with E-state index in [2.05, 4.69) is 25.6 Å². The summed E-state index contributed by atoms with van der Waals surface area (Å²) < 4.78 is 25.6. The first-order valence-electron chi connectivity index (χ1n) is 12.3. The number of hydrogen-bond donors (Lipinski definition) is 2. The summed E-state index contributed by atoms with van der Waals surface area (Å²) in [5, 5.41) is 5.88. The van der Waals surface area contributed by atoms with Crippen LogP contribution >= 0.6 is 23.2 Å². The minimum Gasteiger partial charge on any atom is -0.496 e. The molecule has 1 aliphatic rings. The van der Waals surface area contributed by atoms with E-state index in [1.54, 1.807) is 61.7 Å². The maximum atomic E-state index is 14.3. The highest BCUT2D eigenvalue weighted by molar-refractivity contribution is 6.39. The van der Waals surface area contributed by atoms with Crippen LogP contribution in [-0.2, 0) is 4.79 Å². The van der Waals surface area contributed by atoms with E-state index in [1.807, 2.05) is 0 Å². The molecule has 2 amide bonds. The van der Waals surface area contributed by atoms with Gasteiger partial charge in [-0.15, -0.1) is 0 Å². The van der Waals surface area contributed by atoms with Gasteiger partial charge >= 0.3 is 0 Å². The normalized spacial score (nSPS) is 15.1. The van der Waals surface area contributed by atoms with Gasteiger partial charge in [0.15, 0.2) is 0 Å². The molecule has 0 fully saturated rings. The van der Waals surface area contributed by atoms with Crippen LogP contribution < -0.4 is 20.1 Å². The molecule has 5 rings (SSSR count). The summed E-state index contributed by atoms with van der Waals surface area (Å²) in [7, 11) is 1.45. The highest BCUT2D eigenvalue weighted by atomic mass is 35.5. The largest absolute Gasteiger partial charge is 0.496 e. The number of fused-ring (bicyclic) bond motifs is 1. The predicted molar refractivity (Wildman–Crippen MR) is 152 cm³/mol. The number of aromatic nitrogens is 2. The van der Waals surface area contributed by atoms with Crippen molar-refractivity contribution in [1.82, 2.24) is 15.3 Å². The predicted octanol–water partition coefficient (Wildman–Crippen LogP) is 5.62. The molecule has 0 spiro atoms. The summed E-state index contributed by atoms with van der Waals surface area (Å²) in [5.41, 5.74) is 1.93. The topological polar surface area (TPSA) is 115 Å². The molecule has 3 heterocycles. The molecular formula is C29H22Cl2FN5O4. The summed E-state index contributed by atoms with van der Waals surface area (Å²) in [6.45, 7) is 1.71. The quantitative estimate of drug-likeness (QED) is 0.287. The van der Waals surface area contributed by atoms with Gasteiger partial charge in [0.2, 0.25) is 12.0 Å². The Labute approximate surface area is 244 Å². The average molecular weight is 594 g/mol. The Bertz CT molecular complexity index is 1670. The number of halogens is 3. The second kappa shape index (κ2) is 11.9. The van der Waals surface area contributed by atoms with Crippen LogP contribution in [0.3, 0.4) is 0 Å². The number of pyridine rings is 2. The molecule has 0 bridgehead atoms. The van der Waals surface area contributed by atoms with Crippen LogP contribution in [-0.4, -0.2) is 40.8 Å². The summed E-state index contributed by atoms with van der Waals surface area (Å²) >= 11 is 12.8. The van der Waals surface area contributed by atoms with E-state index in [1.165, 1.54) is 13.2 Å². The van der Waals surface area contributed by atoms with E-state index in [0.717, 1.165) is 12.3 Å². The number of carbonyl (C=O) groups is 2. The van der Waals surface area contributed by atoms with Gasteiger partial charge in [0.1, 0.15) is 23.2 Å². The Morgan fingerprint density at radius 2 is 1.88 bits per heavy atom. The van der Waals surface area contributed by atoms with Gasteiger partial charge in [-0.1, -0.05) is 47.5 Å². The van der Waals surface area contributed by atoms with Crippen molar-refractivity contribution in [2.75, 3.05) is 12.4 Å². The standard InChI is InChI=1S/C29H22Cl2FN5O4/c1-15(21-8-5-6-10-33-21)41-29-19(13-17(32)14-34-29)27(38)37-26-28(39)35-22-9-4-3-7-18(22)25(36-26)24-20(31)11-16(30)12-23(24)40-2/h3-15,26H,1-2H3,(H,35,39)(H,37,38). The fourth-order valence-corrected chi connectivity index (χ4v) is 4.79. The molecule has 2 atom stereocenters. The Hall–Kier alpha value is -4.54. The Balaban J connectivity index is 1.53. The van der Waals surface area contributed by atoms with E-state index in [-0.39, 0.29) is 22.2 Å². The number of ether oxygens (including phenoxy) is 2. The van der Waals surface area contributed by atoms with Crippen LogP contribution in [0, 0.1) is 5.82 Å². The number of amides is 2.